The Labute approximate surface area is 62.7 Å². The zero-order valence-corrected chi connectivity index (χ0v) is 6.61. The molecule has 0 spiro atoms. The van der Waals surface area contributed by atoms with Gasteiger partial charge in [0.05, 0.1) is 0 Å². The molecule has 0 aromatic heterocycles. The van der Waals surface area contributed by atoms with E-state index in [0.717, 1.165) is 26.1 Å². The van der Waals surface area contributed by atoms with Crippen LogP contribution in [0.3, 0.4) is 0 Å². The Balaban J connectivity index is 2.12. The predicted molar refractivity (Wildman–Crippen MR) is 44.1 cm³/mol. The topological polar surface area (TPSA) is 24.1 Å². The second kappa shape index (κ2) is 3.74. The lowest BCUT2D eigenvalue weighted by Gasteiger charge is -2.08. The van der Waals surface area contributed by atoms with Crippen molar-refractivity contribution < 1.29 is 0 Å². The van der Waals surface area contributed by atoms with E-state index in [1.54, 1.807) is 0 Å². The van der Waals surface area contributed by atoms with Gasteiger partial charge in [-0.25, -0.2) is 0 Å². The van der Waals surface area contributed by atoms with E-state index in [1.165, 1.54) is 5.57 Å². The van der Waals surface area contributed by atoms with Crippen LogP contribution in [0.4, 0.5) is 0 Å². The molecule has 1 saturated heterocycles. The van der Waals surface area contributed by atoms with Crippen molar-refractivity contribution in [3.63, 3.8) is 0 Å². The molecule has 58 valence electrons. The molecular weight excluding hydrogens is 124 g/mol. The van der Waals surface area contributed by atoms with E-state index in [0.29, 0.717) is 6.04 Å². The van der Waals surface area contributed by atoms with Gasteiger partial charge in [-0.05, 0) is 13.0 Å². The molecule has 1 heterocycles. The van der Waals surface area contributed by atoms with Crippen molar-refractivity contribution in [3.05, 3.63) is 12.2 Å². The summed E-state index contributed by atoms with van der Waals surface area (Å²) in [6.07, 6.45) is 1.15. The summed E-state index contributed by atoms with van der Waals surface area (Å²) in [4.78, 5) is 0. The van der Waals surface area contributed by atoms with E-state index in [9.17, 15) is 0 Å². The monoisotopic (exact) mass is 140 g/mol. The van der Waals surface area contributed by atoms with Gasteiger partial charge in [0, 0.05) is 19.1 Å². The van der Waals surface area contributed by atoms with Gasteiger partial charge in [0.25, 0.3) is 0 Å². The van der Waals surface area contributed by atoms with Gasteiger partial charge in [-0.15, -0.1) is 0 Å². The lowest BCUT2D eigenvalue weighted by molar-refractivity contribution is 0.549. The molecule has 1 rings (SSSR count). The first-order valence-electron chi connectivity index (χ1n) is 3.93. The molecule has 1 aliphatic heterocycles. The van der Waals surface area contributed by atoms with Crippen LogP contribution in [0.2, 0.25) is 0 Å². The molecule has 0 saturated carbocycles. The Kier molecular flexibility index (Phi) is 2.90. The van der Waals surface area contributed by atoms with Crippen molar-refractivity contribution in [2.75, 3.05) is 19.6 Å². The van der Waals surface area contributed by atoms with Crippen molar-refractivity contribution in [2.45, 2.75) is 19.4 Å². The quantitative estimate of drug-likeness (QED) is 0.558. The van der Waals surface area contributed by atoms with Crippen molar-refractivity contribution in [2.24, 2.45) is 0 Å². The molecule has 0 bridgehead atoms. The third kappa shape index (κ3) is 2.12. The second-order valence-corrected chi connectivity index (χ2v) is 2.84. The molecule has 2 N–H and O–H groups in total. The van der Waals surface area contributed by atoms with Gasteiger partial charge in [0.15, 0.2) is 0 Å². The maximum absolute atomic E-state index is 3.92. The van der Waals surface area contributed by atoms with Crippen LogP contribution in [-0.2, 0) is 0 Å². The van der Waals surface area contributed by atoms with E-state index in [2.05, 4.69) is 24.1 Å². The average molecular weight is 140 g/mol. The molecule has 0 radical (unpaired) electrons. The highest BCUT2D eigenvalue weighted by Crippen LogP contribution is 2.08. The van der Waals surface area contributed by atoms with Crippen LogP contribution in [0.1, 0.15) is 13.3 Å². The minimum Gasteiger partial charge on any atom is -0.315 e. The molecule has 0 aromatic carbocycles. The van der Waals surface area contributed by atoms with Crippen LogP contribution >= 0.6 is 0 Å². The van der Waals surface area contributed by atoms with Crippen LogP contribution in [-0.4, -0.2) is 25.7 Å². The molecule has 2 heteroatoms. The Morgan fingerprint density at radius 3 is 3.10 bits per heavy atom. The molecule has 2 nitrogen and oxygen atoms in total. The molecule has 0 amide bonds. The van der Waals surface area contributed by atoms with Crippen molar-refractivity contribution in [1.82, 2.24) is 10.6 Å². The summed E-state index contributed by atoms with van der Waals surface area (Å²) >= 11 is 0. The van der Waals surface area contributed by atoms with E-state index in [1.807, 2.05) is 0 Å². The number of hydrogen-bond acceptors (Lipinski definition) is 2. The number of nitrogens with one attached hydrogen (secondary N) is 2. The minimum absolute atomic E-state index is 0.632. The molecule has 1 atom stereocenters. The SMILES string of the molecule is C=C1CNC(CNCC)C1. The first-order valence-corrected chi connectivity index (χ1v) is 3.93. The molecule has 1 aliphatic rings. The second-order valence-electron chi connectivity index (χ2n) is 2.84. The van der Waals surface area contributed by atoms with Gasteiger partial charge < -0.3 is 10.6 Å². The maximum Gasteiger partial charge on any atom is 0.0233 e. The fraction of sp³-hybridized carbons (Fsp3) is 0.750. The number of hydrogen-bond donors (Lipinski definition) is 2. The standard InChI is InChI=1S/C8H16N2/c1-3-9-6-8-4-7(2)5-10-8/h8-10H,2-6H2,1H3. The zero-order chi connectivity index (χ0) is 7.40. The van der Waals surface area contributed by atoms with Gasteiger partial charge >= 0.3 is 0 Å². The summed E-state index contributed by atoms with van der Waals surface area (Å²) in [5, 5.41) is 6.69. The molecule has 0 aromatic rings. The van der Waals surface area contributed by atoms with E-state index >= 15 is 0 Å². The minimum atomic E-state index is 0.632. The highest BCUT2D eigenvalue weighted by Gasteiger charge is 2.15. The summed E-state index contributed by atoms with van der Waals surface area (Å²) in [6, 6.07) is 0.632. The van der Waals surface area contributed by atoms with Crippen LogP contribution in [0, 0.1) is 0 Å². The fourth-order valence-electron chi connectivity index (χ4n) is 1.24. The molecule has 1 fully saturated rings. The maximum atomic E-state index is 3.92. The van der Waals surface area contributed by atoms with Crippen LogP contribution in [0.25, 0.3) is 0 Å². The molecule has 10 heavy (non-hydrogen) atoms. The highest BCUT2D eigenvalue weighted by molar-refractivity contribution is 5.06. The Hall–Kier alpha value is -0.340. The van der Waals surface area contributed by atoms with Crippen molar-refractivity contribution >= 4 is 0 Å². The van der Waals surface area contributed by atoms with Gasteiger partial charge in [-0.1, -0.05) is 19.1 Å². The summed E-state index contributed by atoms with van der Waals surface area (Å²) in [7, 11) is 0. The van der Waals surface area contributed by atoms with Crippen LogP contribution in [0.5, 0.6) is 0 Å². The largest absolute Gasteiger partial charge is 0.315 e. The first-order chi connectivity index (χ1) is 4.83. The smallest absolute Gasteiger partial charge is 0.0233 e. The van der Waals surface area contributed by atoms with E-state index < -0.39 is 0 Å². The molecular formula is C8H16N2. The van der Waals surface area contributed by atoms with Gasteiger partial charge in [-0.3, -0.25) is 0 Å². The first kappa shape index (κ1) is 7.76. The fourth-order valence-corrected chi connectivity index (χ4v) is 1.24. The Morgan fingerprint density at radius 2 is 2.60 bits per heavy atom. The highest BCUT2D eigenvalue weighted by atomic mass is 15.0. The summed E-state index contributed by atoms with van der Waals surface area (Å²) < 4.78 is 0. The van der Waals surface area contributed by atoms with Crippen molar-refractivity contribution in [3.8, 4) is 0 Å². The van der Waals surface area contributed by atoms with Crippen molar-refractivity contribution in [1.29, 1.82) is 0 Å². The predicted octanol–water partition coefficient (Wildman–Crippen LogP) is 0.514. The Morgan fingerprint density at radius 1 is 1.80 bits per heavy atom. The van der Waals surface area contributed by atoms with Gasteiger partial charge in [-0.2, -0.15) is 0 Å². The molecule has 1 unspecified atom stereocenters. The normalized spacial score (nSPS) is 25.7. The van der Waals surface area contributed by atoms with Gasteiger partial charge in [0.1, 0.15) is 0 Å². The zero-order valence-electron chi connectivity index (χ0n) is 6.61. The summed E-state index contributed by atoms with van der Waals surface area (Å²) in [5.41, 5.74) is 1.34. The van der Waals surface area contributed by atoms with Crippen LogP contribution < -0.4 is 10.6 Å². The lowest BCUT2D eigenvalue weighted by atomic mass is 10.2. The van der Waals surface area contributed by atoms with Crippen LogP contribution in [0.15, 0.2) is 12.2 Å². The third-order valence-electron chi connectivity index (χ3n) is 1.82. The summed E-state index contributed by atoms with van der Waals surface area (Å²) in [5.74, 6) is 0. The summed E-state index contributed by atoms with van der Waals surface area (Å²) in [6.45, 7) is 9.20. The molecule has 0 aliphatic carbocycles. The third-order valence-corrected chi connectivity index (χ3v) is 1.82. The number of likely N-dealkylation sites (N-methyl/N-ethyl adjacent to an activating group) is 1. The van der Waals surface area contributed by atoms with E-state index in [4.69, 9.17) is 0 Å². The average Bonchev–Trinajstić information content (AvgIpc) is 2.31. The number of rotatable bonds is 3. The van der Waals surface area contributed by atoms with E-state index in [-0.39, 0.29) is 0 Å². The Bertz CT molecular complexity index is 120. The van der Waals surface area contributed by atoms with Gasteiger partial charge in [0.2, 0.25) is 0 Å². The lowest BCUT2D eigenvalue weighted by Crippen LogP contribution is -2.33.